The lowest BCUT2D eigenvalue weighted by Crippen LogP contribution is -2.12. The Morgan fingerprint density at radius 1 is 1.50 bits per heavy atom. The molecule has 0 atom stereocenters. The summed E-state index contributed by atoms with van der Waals surface area (Å²) < 4.78 is 6.88. The first kappa shape index (κ1) is 12.2. The topological polar surface area (TPSA) is 70.1 Å². The van der Waals surface area contributed by atoms with Gasteiger partial charge in [0.25, 0.3) is 0 Å². The number of aryl methyl sites for hydroxylation is 1. The number of carbonyl (C=O) groups is 1. The molecule has 0 saturated heterocycles. The van der Waals surface area contributed by atoms with Gasteiger partial charge in [0, 0.05) is 24.6 Å². The summed E-state index contributed by atoms with van der Waals surface area (Å²) in [6.45, 7) is 2.64. The zero-order chi connectivity index (χ0) is 13.1. The largest absolute Gasteiger partial charge is 0.497 e. The second kappa shape index (κ2) is 4.91. The van der Waals surface area contributed by atoms with Crippen LogP contribution in [-0.2, 0) is 6.54 Å². The Bertz CT molecular complexity index is 575. The number of benzene rings is 1. The zero-order valence-electron chi connectivity index (χ0n) is 10.4. The summed E-state index contributed by atoms with van der Waals surface area (Å²) in [5.41, 5.74) is 6.66. The van der Waals surface area contributed by atoms with E-state index < -0.39 is 0 Å². The van der Waals surface area contributed by atoms with Crippen LogP contribution in [0.2, 0.25) is 0 Å². The quantitative estimate of drug-likeness (QED) is 0.657. The number of carbonyl (C=O) groups excluding carboxylic acids is 1. The maximum Gasteiger partial charge on any atom is 0.230 e. The summed E-state index contributed by atoms with van der Waals surface area (Å²) in [5.74, 6) is 0.790. The molecule has 0 aliphatic rings. The number of methoxy groups -OCH3 is 1. The van der Waals surface area contributed by atoms with Gasteiger partial charge in [0.2, 0.25) is 5.78 Å². The number of aromatic nitrogens is 2. The lowest BCUT2D eigenvalue weighted by Gasteiger charge is -2.08. The average molecular weight is 245 g/mol. The van der Waals surface area contributed by atoms with Crippen LogP contribution in [0.25, 0.3) is 0 Å². The van der Waals surface area contributed by atoms with Gasteiger partial charge >= 0.3 is 0 Å². The number of nitrogens with two attached hydrogens (primary N) is 1. The highest BCUT2D eigenvalue weighted by Gasteiger charge is 2.17. The van der Waals surface area contributed by atoms with Crippen LogP contribution in [0.5, 0.6) is 5.75 Å². The van der Waals surface area contributed by atoms with Gasteiger partial charge in [-0.05, 0) is 25.1 Å². The van der Waals surface area contributed by atoms with Crippen molar-refractivity contribution in [1.29, 1.82) is 0 Å². The summed E-state index contributed by atoms with van der Waals surface area (Å²) in [4.78, 5) is 16.4. The highest BCUT2D eigenvalue weighted by atomic mass is 16.5. The van der Waals surface area contributed by atoms with Gasteiger partial charge < -0.3 is 15.0 Å². The molecular weight excluding hydrogens is 230 g/mol. The van der Waals surface area contributed by atoms with Crippen molar-refractivity contribution in [2.24, 2.45) is 0 Å². The fourth-order valence-electron chi connectivity index (χ4n) is 1.75. The molecule has 0 amide bonds. The Labute approximate surface area is 105 Å². The van der Waals surface area contributed by atoms with E-state index in [0.29, 0.717) is 29.4 Å². The Hall–Kier alpha value is -2.30. The predicted molar refractivity (Wildman–Crippen MR) is 68.7 cm³/mol. The number of rotatable bonds is 4. The van der Waals surface area contributed by atoms with Crippen LogP contribution in [0, 0.1) is 0 Å². The second-order valence-corrected chi connectivity index (χ2v) is 3.82. The first-order valence-corrected chi connectivity index (χ1v) is 5.66. The SMILES string of the molecule is CCn1ccnc1C(=O)c1cc(OC)ccc1N. The maximum absolute atomic E-state index is 12.4. The molecule has 0 fully saturated rings. The van der Waals surface area contributed by atoms with Crippen molar-refractivity contribution < 1.29 is 9.53 Å². The van der Waals surface area contributed by atoms with Crippen molar-refractivity contribution in [2.75, 3.05) is 12.8 Å². The van der Waals surface area contributed by atoms with E-state index in [2.05, 4.69) is 4.98 Å². The Kier molecular flexibility index (Phi) is 3.32. The fraction of sp³-hybridized carbons (Fsp3) is 0.231. The van der Waals surface area contributed by atoms with Gasteiger partial charge in [-0.15, -0.1) is 0 Å². The summed E-state index contributed by atoms with van der Waals surface area (Å²) >= 11 is 0. The Morgan fingerprint density at radius 3 is 2.94 bits per heavy atom. The lowest BCUT2D eigenvalue weighted by atomic mass is 10.1. The Balaban J connectivity index is 2.45. The molecular formula is C13H15N3O2. The first-order valence-electron chi connectivity index (χ1n) is 5.66. The number of hydrogen-bond donors (Lipinski definition) is 1. The van der Waals surface area contributed by atoms with Crippen LogP contribution in [0.4, 0.5) is 5.69 Å². The molecule has 0 saturated carbocycles. The minimum atomic E-state index is -0.196. The third-order valence-electron chi connectivity index (χ3n) is 2.76. The van der Waals surface area contributed by atoms with Crippen LogP contribution in [-0.4, -0.2) is 22.4 Å². The molecule has 2 rings (SSSR count). The van der Waals surface area contributed by atoms with Crippen molar-refractivity contribution >= 4 is 11.5 Å². The third kappa shape index (κ3) is 2.07. The normalized spacial score (nSPS) is 10.3. The molecule has 2 N–H and O–H groups in total. The van der Waals surface area contributed by atoms with Crippen LogP contribution in [0.1, 0.15) is 23.1 Å². The van der Waals surface area contributed by atoms with Crippen LogP contribution < -0.4 is 10.5 Å². The predicted octanol–water partition coefficient (Wildman–Crippen LogP) is 1.72. The molecule has 5 nitrogen and oxygen atoms in total. The fourth-order valence-corrected chi connectivity index (χ4v) is 1.75. The number of nitrogens with zero attached hydrogens (tertiary/aromatic N) is 2. The van der Waals surface area contributed by atoms with Gasteiger partial charge in [0.05, 0.1) is 12.7 Å². The van der Waals surface area contributed by atoms with Crippen molar-refractivity contribution in [3.8, 4) is 5.75 Å². The molecule has 0 bridgehead atoms. The van der Waals surface area contributed by atoms with Gasteiger partial charge in [0.1, 0.15) is 5.75 Å². The number of nitrogen functional groups attached to an aromatic ring is 1. The van der Waals surface area contributed by atoms with E-state index in [-0.39, 0.29) is 5.78 Å². The summed E-state index contributed by atoms with van der Waals surface area (Å²) in [7, 11) is 1.55. The van der Waals surface area contributed by atoms with E-state index in [1.165, 1.54) is 0 Å². The minimum Gasteiger partial charge on any atom is -0.497 e. The van der Waals surface area contributed by atoms with Crippen molar-refractivity contribution in [3.05, 3.63) is 42.0 Å². The first-order chi connectivity index (χ1) is 8.67. The molecule has 0 radical (unpaired) electrons. The number of ketones is 1. The smallest absolute Gasteiger partial charge is 0.230 e. The van der Waals surface area contributed by atoms with E-state index in [0.717, 1.165) is 0 Å². The van der Waals surface area contributed by atoms with Gasteiger partial charge in [-0.2, -0.15) is 0 Å². The van der Waals surface area contributed by atoms with Crippen LogP contribution in [0.3, 0.4) is 0 Å². The summed E-state index contributed by atoms with van der Waals surface area (Å²) in [6.07, 6.45) is 3.37. The molecule has 0 unspecified atom stereocenters. The van der Waals surface area contributed by atoms with E-state index in [9.17, 15) is 4.79 Å². The Morgan fingerprint density at radius 2 is 2.28 bits per heavy atom. The van der Waals surface area contributed by atoms with Gasteiger partial charge in [-0.3, -0.25) is 4.79 Å². The summed E-state index contributed by atoms with van der Waals surface area (Å²) in [5, 5.41) is 0. The van der Waals surface area contributed by atoms with Crippen LogP contribution in [0.15, 0.2) is 30.6 Å². The second-order valence-electron chi connectivity index (χ2n) is 3.82. The summed E-state index contributed by atoms with van der Waals surface area (Å²) in [6, 6.07) is 5.01. The zero-order valence-corrected chi connectivity index (χ0v) is 10.4. The van der Waals surface area contributed by atoms with Crippen molar-refractivity contribution in [1.82, 2.24) is 9.55 Å². The van der Waals surface area contributed by atoms with Gasteiger partial charge in [-0.25, -0.2) is 4.98 Å². The number of imidazole rings is 1. The van der Waals surface area contributed by atoms with Gasteiger partial charge in [-0.1, -0.05) is 0 Å². The van der Waals surface area contributed by atoms with E-state index in [1.807, 2.05) is 6.92 Å². The number of hydrogen-bond acceptors (Lipinski definition) is 4. The molecule has 0 aliphatic heterocycles. The standard InChI is InChI=1S/C13H15N3O2/c1-3-16-7-6-15-13(16)12(17)10-8-9(18-2)4-5-11(10)14/h4-8H,3,14H2,1-2H3. The monoisotopic (exact) mass is 245 g/mol. The highest BCUT2D eigenvalue weighted by Crippen LogP contribution is 2.21. The molecule has 0 spiro atoms. The minimum absolute atomic E-state index is 0.196. The van der Waals surface area contributed by atoms with Crippen LogP contribution >= 0.6 is 0 Å². The maximum atomic E-state index is 12.4. The molecule has 0 aliphatic carbocycles. The molecule has 18 heavy (non-hydrogen) atoms. The molecule has 1 aromatic heterocycles. The van der Waals surface area contributed by atoms with Crippen molar-refractivity contribution in [3.63, 3.8) is 0 Å². The highest BCUT2D eigenvalue weighted by molar-refractivity contribution is 6.10. The van der Waals surface area contributed by atoms with E-state index in [1.54, 1.807) is 42.3 Å². The third-order valence-corrected chi connectivity index (χ3v) is 2.76. The lowest BCUT2D eigenvalue weighted by molar-refractivity contribution is 0.102. The molecule has 2 aromatic rings. The molecule has 5 heteroatoms. The number of anilines is 1. The average Bonchev–Trinajstić information content (AvgIpc) is 2.86. The van der Waals surface area contributed by atoms with E-state index >= 15 is 0 Å². The van der Waals surface area contributed by atoms with E-state index in [4.69, 9.17) is 10.5 Å². The molecule has 1 heterocycles. The van der Waals surface area contributed by atoms with Gasteiger partial charge in [0.15, 0.2) is 5.82 Å². The molecule has 94 valence electrons. The number of ether oxygens (including phenoxy) is 1. The van der Waals surface area contributed by atoms with Crippen molar-refractivity contribution in [2.45, 2.75) is 13.5 Å². The molecule has 1 aromatic carbocycles.